The zero-order chi connectivity index (χ0) is 11.4. The minimum atomic E-state index is 0.155. The lowest BCUT2D eigenvalue weighted by Gasteiger charge is -2.03. The topological polar surface area (TPSA) is 17.1 Å². The van der Waals surface area contributed by atoms with Gasteiger partial charge >= 0.3 is 0 Å². The molecule has 0 N–H and O–H groups in total. The average Bonchev–Trinajstić information content (AvgIpc) is 2.49. The van der Waals surface area contributed by atoms with Crippen molar-refractivity contribution in [3.8, 4) is 0 Å². The fourth-order valence-corrected chi connectivity index (χ4v) is 3.40. The summed E-state index contributed by atoms with van der Waals surface area (Å²) in [4.78, 5) is 14.4. The molecule has 0 atom stereocenters. The first-order valence-electron chi connectivity index (χ1n) is 5.39. The van der Waals surface area contributed by atoms with Crippen molar-refractivity contribution in [3.05, 3.63) is 21.9 Å². The van der Waals surface area contributed by atoms with Crippen molar-refractivity contribution in [2.75, 3.05) is 0 Å². The van der Waals surface area contributed by atoms with Gasteiger partial charge in [0.05, 0.1) is 4.88 Å². The first-order valence-corrected chi connectivity index (χ1v) is 6.21. The third kappa shape index (κ3) is 1.38. The van der Waals surface area contributed by atoms with Crippen LogP contribution in [-0.4, -0.2) is 5.78 Å². The highest BCUT2D eigenvalue weighted by Crippen LogP contribution is 2.69. The van der Waals surface area contributed by atoms with Crippen LogP contribution in [0.15, 0.2) is 12.1 Å². The third-order valence-electron chi connectivity index (χ3n) is 4.27. The number of carbonyl (C=O) groups is 1. The van der Waals surface area contributed by atoms with Crippen molar-refractivity contribution >= 4 is 17.1 Å². The molecule has 0 radical (unpaired) electrons. The molecule has 1 aromatic heterocycles. The van der Waals surface area contributed by atoms with Gasteiger partial charge in [-0.1, -0.05) is 27.7 Å². The largest absolute Gasteiger partial charge is 0.293 e. The maximum absolute atomic E-state index is 12.3. The normalized spacial score (nSPS) is 22.7. The van der Waals surface area contributed by atoms with Gasteiger partial charge in [-0.3, -0.25) is 4.79 Å². The van der Waals surface area contributed by atoms with E-state index in [1.54, 1.807) is 11.3 Å². The van der Waals surface area contributed by atoms with Crippen LogP contribution in [0.2, 0.25) is 0 Å². The van der Waals surface area contributed by atoms with E-state index in [2.05, 4.69) is 27.7 Å². The highest BCUT2D eigenvalue weighted by atomic mass is 32.1. The fraction of sp³-hybridized carbons (Fsp3) is 0.615. The van der Waals surface area contributed by atoms with Crippen LogP contribution >= 0.6 is 11.3 Å². The number of Topliss-reactive ketones (excluding diaryl/α,β-unsaturated/α-hetero) is 1. The minimum Gasteiger partial charge on any atom is -0.293 e. The number of hydrogen-bond acceptors (Lipinski definition) is 2. The molecule has 2 rings (SSSR count). The van der Waals surface area contributed by atoms with Crippen molar-refractivity contribution in [1.29, 1.82) is 0 Å². The Morgan fingerprint density at radius 2 is 1.73 bits per heavy atom. The summed E-state index contributed by atoms with van der Waals surface area (Å²) in [5.41, 5.74) is 0.309. The minimum absolute atomic E-state index is 0.155. The number of rotatable bonds is 2. The summed E-state index contributed by atoms with van der Waals surface area (Å²) in [6.45, 7) is 10.8. The van der Waals surface area contributed by atoms with E-state index in [1.165, 1.54) is 4.88 Å². The lowest BCUT2D eigenvalue weighted by molar-refractivity contribution is 0.0949. The Labute approximate surface area is 95.5 Å². The van der Waals surface area contributed by atoms with Crippen molar-refractivity contribution in [1.82, 2.24) is 0 Å². The van der Waals surface area contributed by atoms with Gasteiger partial charge in [0.2, 0.25) is 0 Å². The van der Waals surface area contributed by atoms with Crippen LogP contribution in [-0.2, 0) is 0 Å². The van der Waals surface area contributed by atoms with E-state index in [4.69, 9.17) is 0 Å². The Kier molecular flexibility index (Phi) is 2.13. The Balaban J connectivity index is 2.26. The highest BCUT2D eigenvalue weighted by Gasteiger charge is 2.68. The molecule has 1 aromatic rings. The van der Waals surface area contributed by atoms with Gasteiger partial charge in [0.15, 0.2) is 5.78 Å². The predicted octanol–water partition coefficient (Wildman–Crippen LogP) is 3.92. The monoisotopic (exact) mass is 222 g/mol. The highest BCUT2D eigenvalue weighted by molar-refractivity contribution is 7.14. The first kappa shape index (κ1) is 10.9. The van der Waals surface area contributed by atoms with Gasteiger partial charge in [0, 0.05) is 10.8 Å². The van der Waals surface area contributed by atoms with Crippen LogP contribution in [0, 0.1) is 23.7 Å². The van der Waals surface area contributed by atoms with Gasteiger partial charge < -0.3 is 0 Å². The van der Waals surface area contributed by atoms with Gasteiger partial charge in [-0.25, -0.2) is 0 Å². The van der Waals surface area contributed by atoms with Crippen LogP contribution in [0.3, 0.4) is 0 Å². The van der Waals surface area contributed by atoms with E-state index < -0.39 is 0 Å². The molecule has 1 nitrogen and oxygen atoms in total. The zero-order valence-electron chi connectivity index (χ0n) is 10.0. The van der Waals surface area contributed by atoms with Gasteiger partial charge in [0.1, 0.15) is 0 Å². The molecule has 0 aliphatic heterocycles. The molecule has 1 fully saturated rings. The molecule has 2 heteroatoms. The van der Waals surface area contributed by atoms with Gasteiger partial charge in [-0.2, -0.15) is 0 Å². The number of carbonyl (C=O) groups excluding carboxylic acids is 1. The second kappa shape index (κ2) is 2.94. The molecule has 0 aromatic carbocycles. The molecule has 1 heterocycles. The lowest BCUT2D eigenvalue weighted by Crippen LogP contribution is -2.05. The summed E-state index contributed by atoms with van der Waals surface area (Å²) >= 11 is 1.62. The summed E-state index contributed by atoms with van der Waals surface area (Å²) in [7, 11) is 0. The summed E-state index contributed by atoms with van der Waals surface area (Å²) in [6, 6.07) is 3.99. The molecule has 0 bridgehead atoms. The Hall–Kier alpha value is -0.630. The number of aryl methyl sites for hydroxylation is 1. The first-order chi connectivity index (χ1) is 6.78. The Bertz CT molecular complexity index is 398. The number of thiophene rings is 1. The van der Waals surface area contributed by atoms with Crippen LogP contribution in [0.4, 0.5) is 0 Å². The van der Waals surface area contributed by atoms with Gasteiger partial charge in [-0.05, 0) is 29.9 Å². The maximum atomic E-state index is 12.3. The fourth-order valence-electron chi connectivity index (χ4n) is 2.56. The van der Waals surface area contributed by atoms with Gasteiger partial charge in [0.25, 0.3) is 0 Å². The average molecular weight is 222 g/mol. The van der Waals surface area contributed by atoms with Crippen LogP contribution in [0.25, 0.3) is 0 Å². The smallest absolute Gasteiger partial charge is 0.176 e. The molecule has 0 amide bonds. The van der Waals surface area contributed by atoms with E-state index in [9.17, 15) is 4.79 Å². The van der Waals surface area contributed by atoms with Crippen LogP contribution in [0.5, 0.6) is 0 Å². The summed E-state index contributed by atoms with van der Waals surface area (Å²) in [5.74, 6) is 0.533. The molecule has 1 aliphatic carbocycles. The molecule has 1 aliphatic rings. The number of hydrogen-bond donors (Lipinski definition) is 0. The van der Waals surface area contributed by atoms with E-state index in [1.807, 2.05) is 19.1 Å². The van der Waals surface area contributed by atoms with Crippen molar-refractivity contribution in [3.63, 3.8) is 0 Å². The lowest BCUT2D eigenvalue weighted by atomic mass is 10.0. The molecular formula is C13H18OS. The standard InChI is InChI=1S/C13H18OS/c1-8-6-7-9(15-8)10(14)11-12(2,3)13(11,4)5/h6-7,11H,1-5H3. The Morgan fingerprint density at radius 3 is 2.07 bits per heavy atom. The zero-order valence-corrected chi connectivity index (χ0v) is 10.9. The van der Waals surface area contributed by atoms with E-state index in [0.717, 1.165) is 4.88 Å². The van der Waals surface area contributed by atoms with Crippen LogP contribution in [0.1, 0.15) is 42.2 Å². The molecule has 0 spiro atoms. The molecule has 1 saturated carbocycles. The third-order valence-corrected chi connectivity index (χ3v) is 5.28. The van der Waals surface area contributed by atoms with Crippen molar-refractivity contribution in [2.45, 2.75) is 34.6 Å². The second-order valence-electron chi connectivity index (χ2n) is 5.65. The quantitative estimate of drug-likeness (QED) is 0.693. The SMILES string of the molecule is Cc1ccc(C(=O)C2C(C)(C)C2(C)C)s1. The van der Waals surface area contributed by atoms with Crippen LogP contribution < -0.4 is 0 Å². The molecule has 0 saturated heterocycles. The number of ketones is 1. The van der Waals surface area contributed by atoms with Crippen molar-refractivity contribution < 1.29 is 4.79 Å². The second-order valence-corrected chi connectivity index (χ2v) is 6.94. The molecule has 15 heavy (non-hydrogen) atoms. The van der Waals surface area contributed by atoms with E-state index in [-0.39, 0.29) is 16.7 Å². The Morgan fingerprint density at radius 1 is 1.20 bits per heavy atom. The summed E-state index contributed by atoms with van der Waals surface area (Å²) in [5, 5.41) is 0. The summed E-state index contributed by atoms with van der Waals surface area (Å²) in [6.07, 6.45) is 0. The van der Waals surface area contributed by atoms with E-state index in [0.29, 0.717) is 5.78 Å². The van der Waals surface area contributed by atoms with Gasteiger partial charge in [-0.15, -0.1) is 11.3 Å². The molecule has 82 valence electrons. The maximum Gasteiger partial charge on any atom is 0.176 e. The van der Waals surface area contributed by atoms with E-state index >= 15 is 0 Å². The predicted molar refractivity (Wildman–Crippen MR) is 64.4 cm³/mol. The summed E-state index contributed by atoms with van der Waals surface area (Å²) < 4.78 is 0. The molecular weight excluding hydrogens is 204 g/mol. The molecule has 0 unspecified atom stereocenters. The van der Waals surface area contributed by atoms with Crippen molar-refractivity contribution in [2.24, 2.45) is 16.7 Å².